The lowest BCUT2D eigenvalue weighted by Crippen LogP contribution is -2.36. The first-order valence-corrected chi connectivity index (χ1v) is 5.23. The summed E-state index contributed by atoms with van der Waals surface area (Å²) in [4.78, 5) is 13.7. The maximum Gasteiger partial charge on any atom is 0.408 e. The average Bonchev–Trinajstić information content (AvgIpc) is 2.50. The lowest BCUT2D eigenvalue weighted by atomic mass is 10.2. The zero-order valence-corrected chi connectivity index (χ0v) is 9.04. The van der Waals surface area contributed by atoms with Gasteiger partial charge in [0.2, 0.25) is 0 Å². The fourth-order valence-electron chi connectivity index (χ4n) is 2.05. The molecule has 0 aromatic rings. The van der Waals surface area contributed by atoms with Gasteiger partial charge < -0.3 is 10.1 Å². The number of ether oxygens (including phenoxy) is 1. The molecule has 0 radical (unpaired) electrons. The highest BCUT2D eigenvalue weighted by atomic mass is 16.6. The molecule has 0 aromatic heterocycles. The van der Waals surface area contributed by atoms with Crippen LogP contribution in [-0.2, 0) is 4.74 Å². The minimum atomic E-state index is -0.399. The van der Waals surface area contributed by atoms with E-state index in [1.54, 1.807) is 0 Å². The molecule has 2 rings (SSSR count). The fraction of sp³-hybridized carbons (Fsp3) is 0.900. The standard InChI is InChI=1S/C10H18N2O2/c1-10(2,3)14-9(13)11-8-7-5-4-6-12(7)8/h7-8H,4-6H2,1-3H3,(H,11,13). The summed E-state index contributed by atoms with van der Waals surface area (Å²) in [6.45, 7) is 6.74. The monoisotopic (exact) mass is 198 g/mol. The summed E-state index contributed by atoms with van der Waals surface area (Å²) in [5, 5.41) is 2.88. The van der Waals surface area contributed by atoms with E-state index >= 15 is 0 Å². The third-order valence-electron chi connectivity index (χ3n) is 2.64. The Morgan fingerprint density at radius 3 is 2.71 bits per heavy atom. The van der Waals surface area contributed by atoms with Gasteiger partial charge in [0.15, 0.2) is 0 Å². The van der Waals surface area contributed by atoms with Crippen LogP contribution in [0.1, 0.15) is 33.6 Å². The Kier molecular flexibility index (Phi) is 2.18. The van der Waals surface area contributed by atoms with E-state index < -0.39 is 5.60 Å². The van der Waals surface area contributed by atoms with Crippen molar-refractivity contribution in [3.63, 3.8) is 0 Å². The van der Waals surface area contributed by atoms with Crippen LogP contribution in [0.15, 0.2) is 0 Å². The number of rotatable bonds is 1. The fourth-order valence-corrected chi connectivity index (χ4v) is 2.05. The molecular formula is C10H18N2O2. The van der Waals surface area contributed by atoms with E-state index in [9.17, 15) is 4.79 Å². The molecule has 4 nitrogen and oxygen atoms in total. The van der Waals surface area contributed by atoms with Gasteiger partial charge in [-0.1, -0.05) is 0 Å². The molecule has 14 heavy (non-hydrogen) atoms. The van der Waals surface area contributed by atoms with Crippen LogP contribution in [0.25, 0.3) is 0 Å². The van der Waals surface area contributed by atoms with E-state index in [2.05, 4.69) is 10.2 Å². The maximum atomic E-state index is 11.4. The number of fused-ring (bicyclic) bond motifs is 1. The van der Waals surface area contributed by atoms with Gasteiger partial charge in [0.05, 0.1) is 0 Å². The van der Waals surface area contributed by atoms with E-state index in [-0.39, 0.29) is 12.3 Å². The topological polar surface area (TPSA) is 41.3 Å². The second-order valence-electron chi connectivity index (χ2n) is 5.04. The van der Waals surface area contributed by atoms with Gasteiger partial charge in [0, 0.05) is 12.6 Å². The van der Waals surface area contributed by atoms with Crippen molar-refractivity contribution in [2.45, 2.75) is 51.4 Å². The Labute approximate surface area is 84.6 Å². The van der Waals surface area contributed by atoms with E-state index in [0.29, 0.717) is 6.04 Å². The Bertz CT molecular complexity index is 237. The van der Waals surface area contributed by atoms with Crippen LogP contribution in [-0.4, -0.2) is 35.3 Å². The van der Waals surface area contributed by atoms with Crippen molar-refractivity contribution in [2.24, 2.45) is 0 Å². The SMILES string of the molecule is CC(C)(C)OC(=O)NC1C2CCCN21. The number of carbonyl (C=O) groups excluding carboxylic acids is 1. The van der Waals surface area contributed by atoms with Crippen molar-refractivity contribution in [3.8, 4) is 0 Å². The number of hydrogen-bond donors (Lipinski definition) is 1. The second-order valence-corrected chi connectivity index (χ2v) is 5.04. The maximum absolute atomic E-state index is 11.4. The van der Waals surface area contributed by atoms with Crippen LogP contribution < -0.4 is 5.32 Å². The van der Waals surface area contributed by atoms with Crippen molar-refractivity contribution < 1.29 is 9.53 Å². The highest BCUT2D eigenvalue weighted by molar-refractivity contribution is 5.68. The van der Waals surface area contributed by atoms with E-state index in [0.717, 1.165) is 6.54 Å². The van der Waals surface area contributed by atoms with Crippen LogP contribution in [0, 0.1) is 0 Å². The largest absolute Gasteiger partial charge is 0.444 e. The molecule has 1 N–H and O–H groups in total. The quantitative estimate of drug-likeness (QED) is 0.646. The summed E-state index contributed by atoms with van der Waals surface area (Å²) < 4.78 is 5.18. The van der Waals surface area contributed by atoms with Crippen LogP contribution in [0.2, 0.25) is 0 Å². The van der Waals surface area contributed by atoms with Crippen molar-refractivity contribution in [3.05, 3.63) is 0 Å². The van der Waals surface area contributed by atoms with Gasteiger partial charge in [-0.25, -0.2) is 4.79 Å². The number of nitrogens with one attached hydrogen (secondary N) is 1. The first-order valence-electron chi connectivity index (χ1n) is 5.23. The molecular weight excluding hydrogens is 180 g/mol. The molecule has 3 atom stereocenters. The molecule has 3 unspecified atom stereocenters. The first-order chi connectivity index (χ1) is 6.47. The third-order valence-corrected chi connectivity index (χ3v) is 2.64. The molecule has 2 aliphatic heterocycles. The zero-order chi connectivity index (χ0) is 10.3. The van der Waals surface area contributed by atoms with Crippen molar-refractivity contribution in [1.29, 1.82) is 0 Å². The molecule has 0 aromatic carbocycles. The van der Waals surface area contributed by atoms with Gasteiger partial charge >= 0.3 is 6.09 Å². The summed E-state index contributed by atoms with van der Waals surface area (Å²) in [5.41, 5.74) is -0.399. The number of piperidine rings is 1. The van der Waals surface area contributed by atoms with Crippen LogP contribution >= 0.6 is 0 Å². The predicted molar refractivity (Wildman–Crippen MR) is 52.9 cm³/mol. The molecule has 2 fully saturated rings. The van der Waals surface area contributed by atoms with Crippen molar-refractivity contribution in [2.75, 3.05) is 6.54 Å². The number of amides is 1. The molecule has 4 heteroatoms. The summed E-state index contributed by atoms with van der Waals surface area (Å²) in [6.07, 6.45) is 2.42. The summed E-state index contributed by atoms with van der Waals surface area (Å²) in [7, 11) is 0. The van der Waals surface area contributed by atoms with Gasteiger partial charge in [0.25, 0.3) is 0 Å². The number of carbonyl (C=O) groups is 1. The van der Waals surface area contributed by atoms with Gasteiger partial charge in [-0.05, 0) is 33.6 Å². The molecule has 2 saturated heterocycles. The Hall–Kier alpha value is -0.770. The summed E-state index contributed by atoms with van der Waals surface area (Å²) in [6, 6.07) is 0.586. The van der Waals surface area contributed by atoms with Crippen molar-refractivity contribution in [1.82, 2.24) is 10.2 Å². The van der Waals surface area contributed by atoms with Crippen LogP contribution in [0.4, 0.5) is 4.79 Å². The van der Waals surface area contributed by atoms with E-state index in [1.165, 1.54) is 12.8 Å². The van der Waals surface area contributed by atoms with E-state index in [1.807, 2.05) is 20.8 Å². The van der Waals surface area contributed by atoms with Crippen LogP contribution in [0.5, 0.6) is 0 Å². The zero-order valence-electron chi connectivity index (χ0n) is 9.04. The van der Waals surface area contributed by atoms with Crippen molar-refractivity contribution >= 4 is 6.09 Å². The minimum Gasteiger partial charge on any atom is -0.444 e. The molecule has 80 valence electrons. The smallest absolute Gasteiger partial charge is 0.408 e. The van der Waals surface area contributed by atoms with Gasteiger partial charge in [-0.3, -0.25) is 4.90 Å². The predicted octanol–water partition coefficient (Wildman–Crippen LogP) is 1.32. The number of nitrogens with zero attached hydrogens (tertiary/aromatic N) is 1. The highest BCUT2D eigenvalue weighted by Crippen LogP contribution is 2.36. The Morgan fingerprint density at radius 2 is 2.21 bits per heavy atom. The van der Waals surface area contributed by atoms with Crippen LogP contribution in [0.3, 0.4) is 0 Å². The van der Waals surface area contributed by atoms with Gasteiger partial charge in [-0.15, -0.1) is 0 Å². The molecule has 2 aliphatic rings. The Balaban J connectivity index is 1.74. The Morgan fingerprint density at radius 1 is 1.50 bits per heavy atom. The lowest BCUT2D eigenvalue weighted by molar-refractivity contribution is 0.0512. The molecule has 2 heterocycles. The third kappa shape index (κ3) is 2.00. The highest BCUT2D eigenvalue weighted by Gasteiger charge is 2.51. The normalized spacial score (nSPS) is 34.9. The minimum absolute atomic E-state index is 0.249. The lowest BCUT2D eigenvalue weighted by Gasteiger charge is -2.19. The summed E-state index contributed by atoms with van der Waals surface area (Å²) in [5.74, 6) is 0. The molecule has 0 spiro atoms. The second kappa shape index (κ2) is 3.12. The number of hydrogen-bond acceptors (Lipinski definition) is 3. The number of alkyl carbamates (subject to hydrolysis) is 1. The average molecular weight is 198 g/mol. The first kappa shape index (κ1) is 9.77. The molecule has 1 amide bonds. The molecule has 0 aliphatic carbocycles. The molecule has 0 bridgehead atoms. The van der Waals surface area contributed by atoms with Gasteiger partial charge in [-0.2, -0.15) is 0 Å². The van der Waals surface area contributed by atoms with E-state index in [4.69, 9.17) is 4.74 Å². The summed E-state index contributed by atoms with van der Waals surface area (Å²) >= 11 is 0. The molecule has 0 saturated carbocycles. The van der Waals surface area contributed by atoms with Gasteiger partial charge in [0.1, 0.15) is 11.8 Å².